The summed E-state index contributed by atoms with van der Waals surface area (Å²) in [4.78, 5) is 21.7. The fourth-order valence-corrected chi connectivity index (χ4v) is 4.01. The second-order valence-corrected chi connectivity index (χ2v) is 8.13. The number of anilines is 1. The normalized spacial score (nSPS) is 11.0. The van der Waals surface area contributed by atoms with Gasteiger partial charge in [-0.2, -0.15) is 0 Å². The smallest absolute Gasteiger partial charge is 0.271 e. The summed E-state index contributed by atoms with van der Waals surface area (Å²) in [5, 5.41) is 10.1. The van der Waals surface area contributed by atoms with Crippen LogP contribution in [0.5, 0.6) is 5.75 Å². The van der Waals surface area contributed by atoms with Gasteiger partial charge in [-0.15, -0.1) is 0 Å². The van der Waals surface area contributed by atoms with Crippen LogP contribution in [0.15, 0.2) is 51.8 Å². The minimum atomic E-state index is -4.24. The van der Waals surface area contributed by atoms with Crippen molar-refractivity contribution in [1.29, 1.82) is 0 Å². The first kappa shape index (κ1) is 20.1. The van der Waals surface area contributed by atoms with Crippen molar-refractivity contribution in [2.45, 2.75) is 4.90 Å². The first-order valence-corrected chi connectivity index (χ1v) is 9.57. The van der Waals surface area contributed by atoms with Crippen LogP contribution in [0.2, 0.25) is 0 Å². The van der Waals surface area contributed by atoms with Crippen LogP contribution in [-0.2, 0) is 14.8 Å². The lowest BCUT2D eigenvalue weighted by Crippen LogP contribution is -2.34. The molecule has 0 aliphatic heterocycles. The van der Waals surface area contributed by atoms with Gasteiger partial charge in [0.25, 0.3) is 15.7 Å². The van der Waals surface area contributed by atoms with Crippen molar-refractivity contribution in [3.05, 3.63) is 57.1 Å². The maximum absolute atomic E-state index is 13.0. The van der Waals surface area contributed by atoms with Crippen molar-refractivity contribution in [1.82, 2.24) is 0 Å². The molecule has 2 rings (SSSR count). The van der Waals surface area contributed by atoms with Gasteiger partial charge >= 0.3 is 0 Å². The number of sulfonamides is 1. The highest BCUT2D eigenvalue weighted by Crippen LogP contribution is 2.35. The fraction of sp³-hybridized carbons (Fsp3) is 0.133. The number of carbonyl (C=O) groups is 1. The molecule has 0 atom stereocenters. The van der Waals surface area contributed by atoms with Crippen LogP contribution in [0.1, 0.15) is 0 Å². The van der Waals surface area contributed by atoms with Gasteiger partial charge in [0.15, 0.2) is 0 Å². The topological polar surface area (TPSA) is 107 Å². The van der Waals surface area contributed by atoms with E-state index in [1.165, 1.54) is 37.4 Å². The number of halogens is 2. The SMILES string of the molecule is COc1ccc([N+](=O)[O-])cc1N(CC(=O)Cl)S(=O)(=O)c1ccc(Br)cc1. The third-order valence-electron chi connectivity index (χ3n) is 3.31. The molecule has 0 N–H and O–H groups in total. The zero-order valence-corrected chi connectivity index (χ0v) is 16.4. The van der Waals surface area contributed by atoms with Crippen LogP contribution >= 0.6 is 27.5 Å². The average molecular weight is 464 g/mol. The van der Waals surface area contributed by atoms with Gasteiger partial charge < -0.3 is 4.74 Å². The van der Waals surface area contributed by atoms with Gasteiger partial charge in [-0.05, 0) is 41.9 Å². The maximum Gasteiger partial charge on any atom is 0.271 e. The van der Waals surface area contributed by atoms with Crippen LogP contribution in [0.25, 0.3) is 0 Å². The molecule has 0 radical (unpaired) electrons. The lowest BCUT2D eigenvalue weighted by Gasteiger charge is -2.24. The number of ether oxygens (including phenoxy) is 1. The van der Waals surface area contributed by atoms with Gasteiger partial charge in [-0.3, -0.25) is 19.2 Å². The van der Waals surface area contributed by atoms with Gasteiger partial charge in [0, 0.05) is 16.6 Å². The second kappa shape index (κ2) is 8.02. The number of non-ortho nitro benzene ring substituents is 1. The molecule has 8 nitrogen and oxygen atoms in total. The number of methoxy groups -OCH3 is 1. The predicted molar refractivity (Wildman–Crippen MR) is 99.2 cm³/mol. The highest BCUT2D eigenvalue weighted by molar-refractivity contribution is 9.10. The van der Waals surface area contributed by atoms with E-state index in [2.05, 4.69) is 15.9 Å². The molecule has 0 aliphatic rings. The Morgan fingerprint density at radius 3 is 2.38 bits per heavy atom. The molecular formula is C15H12BrClN2O6S. The largest absolute Gasteiger partial charge is 0.495 e. The Morgan fingerprint density at radius 2 is 1.88 bits per heavy atom. The first-order chi connectivity index (χ1) is 12.2. The number of hydrogen-bond acceptors (Lipinski definition) is 6. The van der Waals surface area contributed by atoms with E-state index in [-0.39, 0.29) is 22.0 Å². The third kappa shape index (κ3) is 4.32. The van der Waals surface area contributed by atoms with E-state index in [4.69, 9.17) is 16.3 Å². The van der Waals surface area contributed by atoms with Crippen molar-refractivity contribution in [3.63, 3.8) is 0 Å². The molecule has 0 heterocycles. The van der Waals surface area contributed by atoms with E-state index in [0.717, 1.165) is 12.1 Å². The Labute approximate surface area is 162 Å². The van der Waals surface area contributed by atoms with Crippen LogP contribution < -0.4 is 9.04 Å². The van der Waals surface area contributed by atoms with Crippen molar-refractivity contribution in [2.75, 3.05) is 18.0 Å². The summed E-state index contributed by atoms with van der Waals surface area (Å²) < 4.78 is 32.4. The fourth-order valence-electron chi connectivity index (χ4n) is 2.13. The zero-order chi connectivity index (χ0) is 19.5. The van der Waals surface area contributed by atoms with Gasteiger partial charge in [-0.1, -0.05) is 15.9 Å². The molecular weight excluding hydrogens is 452 g/mol. The lowest BCUT2D eigenvalue weighted by atomic mass is 10.2. The van der Waals surface area contributed by atoms with Crippen LogP contribution in [0.3, 0.4) is 0 Å². The van der Waals surface area contributed by atoms with Crippen molar-refractivity contribution in [3.8, 4) is 5.75 Å². The molecule has 0 bridgehead atoms. The monoisotopic (exact) mass is 462 g/mol. The first-order valence-electron chi connectivity index (χ1n) is 6.96. The quantitative estimate of drug-likeness (QED) is 0.354. The summed E-state index contributed by atoms with van der Waals surface area (Å²) in [6, 6.07) is 9.10. The molecule has 0 saturated carbocycles. The predicted octanol–water partition coefficient (Wildman–Crippen LogP) is 3.33. The Bertz CT molecular complexity index is 949. The minimum absolute atomic E-state index is 0.0363. The molecule has 0 aliphatic carbocycles. The molecule has 26 heavy (non-hydrogen) atoms. The molecule has 138 valence electrons. The molecule has 0 unspecified atom stereocenters. The molecule has 0 amide bonds. The summed E-state index contributed by atoms with van der Waals surface area (Å²) >= 11 is 8.62. The second-order valence-electron chi connectivity index (χ2n) is 4.93. The van der Waals surface area contributed by atoms with Crippen molar-refractivity contribution < 1.29 is 22.9 Å². The summed E-state index contributed by atoms with van der Waals surface area (Å²) in [6.07, 6.45) is 0. The lowest BCUT2D eigenvalue weighted by molar-refractivity contribution is -0.384. The van der Waals surface area contributed by atoms with Crippen LogP contribution in [0.4, 0.5) is 11.4 Å². The van der Waals surface area contributed by atoms with E-state index in [0.29, 0.717) is 8.78 Å². The number of nitro benzene ring substituents is 1. The molecule has 11 heteroatoms. The molecule has 0 fully saturated rings. The van der Waals surface area contributed by atoms with E-state index >= 15 is 0 Å². The van der Waals surface area contributed by atoms with Gasteiger partial charge in [0.05, 0.1) is 16.9 Å². The maximum atomic E-state index is 13.0. The summed E-state index contributed by atoms with van der Waals surface area (Å²) in [5.41, 5.74) is -0.530. The standard InChI is InChI=1S/C15H12BrClN2O6S/c1-25-14-7-4-11(19(21)22)8-13(14)18(9-15(17)20)26(23,24)12-5-2-10(16)3-6-12/h2-8H,9H2,1H3. The Kier molecular flexibility index (Phi) is 6.21. The Balaban J connectivity index is 2.68. The minimum Gasteiger partial charge on any atom is -0.495 e. The Hall–Kier alpha value is -2.17. The van der Waals surface area contributed by atoms with Gasteiger partial charge in [0.1, 0.15) is 18.0 Å². The van der Waals surface area contributed by atoms with E-state index in [9.17, 15) is 23.3 Å². The van der Waals surface area contributed by atoms with E-state index in [1.54, 1.807) is 0 Å². The van der Waals surface area contributed by atoms with Gasteiger partial charge in [0.2, 0.25) is 5.24 Å². The summed E-state index contributed by atoms with van der Waals surface area (Å²) in [7, 11) is -2.96. The molecule has 0 aromatic heterocycles. The number of rotatable bonds is 7. The molecule has 2 aromatic rings. The number of nitro groups is 1. The highest BCUT2D eigenvalue weighted by atomic mass is 79.9. The highest BCUT2D eigenvalue weighted by Gasteiger charge is 2.30. The van der Waals surface area contributed by atoms with E-state index in [1.807, 2.05) is 0 Å². The van der Waals surface area contributed by atoms with Crippen LogP contribution in [0, 0.1) is 10.1 Å². The summed E-state index contributed by atoms with van der Waals surface area (Å²) in [5.74, 6) is 0.0363. The number of hydrogen-bond donors (Lipinski definition) is 0. The summed E-state index contributed by atoms with van der Waals surface area (Å²) in [6.45, 7) is -0.725. The molecule has 0 saturated heterocycles. The molecule has 2 aromatic carbocycles. The van der Waals surface area contributed by atoms with Crippen molar-refractivity contribution >= 4 is 54.2 Å². The van der Waals surface area contributed by atoms with Gasteiger partial charge in [-0.25, -0.2) is 8.42 Å². The van der Waals surface area contributed by atoms with Crippen molar-refractivity contribution in [2.24, 2.45) is 0 Å². The van der Waals surface area contributed by atoms with E-state index < -0.39 is 26.7 Å². The van der Waals surface area contributed by atoms with Crippen LogP contribution in [-0.4, -0.2) is 32.2 Å². The number of carbonyl (C=O) groups excluding carboxylic acids is 1. The average Bonchev–Trinajstić information content (AvgIpc) is 2.59. The molecule has 0 spiro atoms. The number of nitrogens with zero attached hydrogens (tertiary/aromatic N) is 2. The third-order valence-corrected chi connectivity index (χ3v) is 5.73. The zero-order valence-electron chi connectivity index (χ0n) is 13.3. The Morgan fingerprint density at radius 1 is 1.27 bits per heavy atom. The number of benzene rings is 2.